The molecule has 0 radical (unpaired) electrons. The van der Waals surface area contributed by atoms with Crippen LogP contribution in [0.15, 0.2) is 29.4 Å². The molecule has 172 valence electrons. The monoisotopic (exact) mass is 440 g/mol. The first-order chi connectivity index (χ1) is 15.8. The summed E-state index contributed by atoms with van der Waals surface area (Å²) in [6.07, 6.45) is 1.78. The Morgan fingerprint density at radius 3 is 1.91 bits per heavy atom. The third-order valence-corrected chi connectivity index (χ3v) is 5.60. The van der Waals surface area contributed by atoms with Gasteiger partial charge in [0.25, 0.3) is 0 Å². The van der Waals surface area contributed by atoms with Crippen molar-refractivity contribution < 1.29 is 9.47 Å². The van der Waals surface area contributed by atoms with Crippen LogP contribution < -0.4 is 20.1 Å². The van der Waals surface area contributed by atoms with E-state index in [0.29, 0.717) is 44.3 Å². The molecule has 0 saturated carbocycles. The van der Waals surface area contributed by atoms with E-state index in [1.54, 1.807) is 6.21 Å². The number of benzene rings is 1. The Bertz CT molecular complexity index is 840. The van der Waals surface area contributed by atoms with Gasteiger partial charge in [0.05, 0.1) is 32.6 Å². The molecule has 1 aromatic carbocycles. The van der Waals surface area contributed by atoms with Crippen LogP contribution in [0.4, 0.5) is 23.5 Å². The van der Waals surface area contributed by atoms with Crippen LogP contribution in [0.25, 0.3) is 0 Å². The number of hydrogen-bond donors (Lipinski definition) is 1. The molecule has 3 heterocycles. The van der Waals surface area contributed by atoms with Crippen molar-refractivity contribution in [1.82, 2.24) is 15.0 Å². The van der Waals surface area contributed by atoms with E-state index in [2.05, 4.69) is 73.3 Å². The molecule has 0 amide bonds. The molecular weight excluding hydrogens is 408 g/mol. The molecule has 1 aromatic heterocycles. The largest absolute Gasteiger partial charge is 0.378 e. The second kappa shape index (κ2) is 11.1. The third kappa shape index (κ3) is 5.63. The van der Waals surface area contributed by atoms with Gasteiger partial charge in [-0.25, -0.2) is 5.43 Å². The Balaban J connectivity index is 1.49. The van der Waals surface area contributed by atoms with E-state index in [4.69, 9.17) is 14.5 Å². The van der Waals surface area contributed by atoms with Crippen LogP contribution in [0.2, 0.25) is 0 Å². The minimum absolute atomic E-state index is 0.430. The molecule has 1 N–H and O–H groups in total. The maximum Gasteiger partial charge on any atom is 0.250 e. The van der Waals surface area contributed by atoms with Crippen LogP contribution in [-0.4, -0.2) is 86.9 Å². The van der Waals surface area contributed by atoms with Gasteiger partial charge >= 0.3 is 0 Å². The number of hydrogen-bond acceptors (Lipinski definition) is 10. The SMILES string of the molecule is CCN(CC)c1ccc(/C=N\Nc2nc(N3CCOCC3)nc(N3CCOCC3)n2)cc1. The van der Waals surface area contributed by atoms with Gasteiger partial charge < -0.3 is 24.2 Å². The van der Waals surface area contributed by atoms with Crippen LogP contribution in [0, 0.1) is 0 Å². The molecule has 10 heteroatoms. The maximum atomic E-state index is 5.47. The van der Waals surface area contributed by atoms with Gasteiger partial charge in [0.2, 0.25) is 17.8 Å². The van der Waals surface area contributed by atoms with Crippen LogP contribution in [0.1, 0.15) is 19.4 Å². The molecule has 2 aliphatic rings. The lowest BCUT2D eigenvalue weighted by Gasteiger charge is -2.30. The summed E-state index contributed by atoms with van der Waals surface area (Å²) in [6, 6.07) is 8.35. The summed E-state index contributed by atoms with van der Waals surface area (Å²) in [6.45, 7) is 12.0. The zero-order chi connectivity index (χ0) is 22.2. The fraction of sp³-hybridized carbons (Fsp3) is 0.545. The number of aromatic nitrogens is 3. The number of hydrazone groups is 1. The van der Waals surface area contributed by atoms with E-state index < -0.39 is 0 Å². The highest BCUT2D eigenvalue weighted by atomic mass is 16.5. The Kier molecular flexibility index (Phi) is 7.68. The van der Waals surface area contributed by atoms with Gasteiger partial charge in [-0.2, -0.15) is 20.1 Å². The van der Waals surface area contributed by atoms with Gasteiger partial charge in [-0.05, 0) is 31.5 Å². The molecule has 10 nitrogen and oxygen atoms in total. The number of morpholine rings is 2. The molecule has 0 aliphatic carbocycles. The highest BCUT2D eigenvalue weighted by molar-refractivity contribution is 5.80. The Morgan fingerprint density at radius 1 is 0.875 bits per heavy atom. The number of ether oxygens (including phenoxy) is 2. The molecule has 2 aromatic rings. The Hall–Kier alpha value is -2.98. The lowest BCUT2D eigenvalue weighted by molar-refractivity contribution is 0.121. The van der Waals surface area contributed by atoms with Crippen molar-refractivity contribution in [3.05, 3.63) is 29.8 Å². The van der Waals surface area contributed by atoms with Crippen LogP contribution in [0.3, 0.4) is 0 Å². The summed E-state index contributed by atoms with van der Waals surface area (Å²) in [4.78, 5) is 20.5. The van der Waals surface area contributed by atoms with Crippen LogP contribution in [0.5, 0.6) is 0 Å². The zero-order valence-corrected chi connectivity index (χ0v) is 18.9. The number of anilines is 4. The highest BCUT2D eigenvalue weighted by Gasteiger charge is 2.20. The summed E-state index contributed by atoms with van der Waals surface area (Å²) in [5.41, 5.74) is 5.21. The van der Waals surface area contributed by atoms with E-state index >= 15 is 0 Å². The van der Waals surface area contributed by atoms with E-state index in [9.17, 15) is 0 Å². The average molecular weight is 441 g/mol. The normalized spacial score (nSPS) is 17.1. The quantitative estimate of drug-likeness (QED) is 0.488. The molecule has 0 spiro atoms. The molecule has 0 bridgehead atoms. The molecule has 32 heavy (non-hydrogen) atoms. The van der Waals surface area contributed by atoms with Crippen molar-refractivity contribution in [2.75, 3.05) is 85.8 Å². The summed E-state index contributed by atoms with van der Waals surface area (Å²) in [5.74, 6) is 1.72. The molecular formula is C22H32N8O2. The molecule has 2 aliphatic heterocycles. The summed E-state index contributed by atoms with van der Waals surface area (Å²) >= 11 is 0. The molecule has 0 unspecified atom stereocenters. The third-order valence-electron chi connectivity index (χ3n) is 5.60. The van der Waals surface area contributed by atoms with E-state index in [1.807, 2.05) is 0 Å². The first-order valence-corrected chi connectivity index (χ1v) is 11.3. The Morgan fingerprint density at radius 2 is 1.41 bits per heavy atom. The Labute approximate surface area is 189 Å². The minimum Gasteiger partial charge on any atom is -0.378 e. The van der Waals surface area contributed by atoms with E-state index in [0.717, 1.165) is 44.8 Å². The average Bonchev–Trinajstić information content (AvgIpc) is 2.86. The van der Waals surface area contributed by atoms with E-state index in [-0.39, 0.29) is 0 Å². The van der Waals surface area contributed by atoms with Crippen molar-refractivity contribution >= 4 is 29.7 Å². The molecule has 2 saturated heterocycles. The summed E-state index contributed by atoms with van der Waals surface area (Å²) in [7, 11) is 0. The van der Waals surface area contributed by atoms with Gasteiger partial charge in [-0.1, -0.05) is 12.1 Å². The van der Waals surface area contributed by atoms with Gasteiger partial charge in [-0.15, -0.1) is 0 Å². The second-order valence-electron chi connectivity index (χ2n) is 7.59. The standard InChI is InChI=1S/C22H32N8O2/c1-3-28(4-2)19-7-5-18(6-8-19)17-23-27-20-24-21(29-9-13-31-14-10-29)26-22(25-20)30-11-15-32-16-12-30/h5-8,17H,3-4,9-16H2,1-2H3,(H,24,25,26,27)/b23-17-. The summed E-state index contributed by atoms with van der Waals surface area (Å²) < 4.78 is 10.9. The van der Waals surface area contributed by atoms with Crippen molar-refractivity contribution in [2.45, 2.75) is 13.8 Å². The van der Waals surface area contributed by atoms with Gasteiger partial charge in [0, 0.05) is 45.0 Å². The van der Waals surface area contributed by atoms with Gasteiger partial charge in [0.1, 0.15) is 0 Å². The number of nitrogens with zero attached hydrogens (tertiary/aromatic N) is 7. The van der Waals surface area contributed by atoms with Crippen molar-refractivity contribution in [3.63, 3.8) is 0 Å². The topological polar surface area (TPSA) is 91.2 Å². The fourth-order valence-corrected chi connectivity index (χ4v) is 3.74. The zero-order valence-electron chi connectivity index (χ0n) is 18.9. The van der Waals surface area contributed by atoms with Crippen molar-refractivity contribution in [2.24, 2.45) is 5.10 Å². The summed E-state index contributed by atoms with van der Waals surface area (Å²) in [5, 5.41) is 4.37. The van der Waals surface area contributed by atoms with Crippen molar-refractivity contribution in [1.29, 1.82) is 0 Å². The minimum atomic E-state index is 0.430. The lowest BCUT2D eigenvalue weighted by atomic mass is 10.2. The fourth-order valence-electron chi connectivity index (χ4n) is 3.74. The predicted molar refractivity (Wildman–Crippen MR) is 127 cm³/mol. The predicted octanol–water partition coefficient (Wildman–Crippen LogP) is 1.84. The first-order valence-electron chi connectivity index (χ1n) is 11.3. The molecule has 2 fully saturated rings. The lowest BCUT2D eigenvalue weighted by Crippen LogP contribution is -2.40. The second-order valence-corrected chi connectivity index (χ2v) is 7.59. The van der Waals surface area contributed by atoms with Gasteiger partial charge in [-0.3, -0.25) is 0 Å². The highest BCUT2D eigenvalue weighted by Crippen LogP contribution is 2.19. The number of nitrogens with one attached hydrogen (secondary N) is 1. The first kappa shape index (κ1) is 22.2. The van der Waals surface area contributed by atoms with Crippen LogP contribution >= 0.6 is 0 Å². The van der Waals surface area contributed by atoms with E-state index in [1.165, 1.54) is 5.69 Å². The van der Waals surface area contributed by atoms with Crippen LogP contribution in [-0.2, 0) is 9.47 Å². The molecule has 4 rings (SSSR count). The smallest absolute Gasteiger partial charge is 0.250 e. The van der Waals surface area contributed by atoms with Gasteiger partial charge in [0.15, 0.2) is 0 Å². The van der Waals surface area contributed by atoms with Crippen molar-refractivity contribution in [3.8, 4) is 0 Å². The molecule has 0 atom stereocenters. The number of rotatable bonds is 8. The maximum absolute atomic E-state index is 5.47.